The predicted molar refractivity (Wildman–Crippen MR) is 110 cm³/mol. The summed E-state index contributed by atoms with van der Waals surface area (Å²) in [4.78, 5) is 4.90. The summed E-state index contributed by atoms with van der Waals surface area (Å²) in [6.07, 6.45) is 0.778. The Morgan fingerprint density at radius 1 is 1.07 bits per heavy atom. The summed E-state index contributed by atoms with van der Waals surface area (Å²) in [7, 11) is 1.70. The second-order valence-electron chi connectivity index (χ2n) is 7.47. The maximum Gasteiger partial charge on any atom is 0.134 e. The van der Waals surface area contributed by atoms with Crippen LogP contribution in [0.25, 0.3) is 11.0 Å². The van der Waals surface area contributed by atoms with Gasteiger partial charge in [0.15, 0.2) is 0 Å². The molecule has 1 aliphatic rings. The van der Waals surface area contributed by atoms with E-state index in [4.69, 9.17) is 9.15 Å². The number of hydrogen-bond donors (Lipinski definition) is 1. The number of piperazine rings is 1. The molecule has 1 atom stereocenters. The molecule has 0 radical (unpaired) electrons. The van der Waals surface area contributed by atoms with Crippen LogP contribution in [0.15, 0.2) is 59.0 Å². The molecule has 1 aliphatic heterocycles. The number of para-hydroxylation sites is 1. The lowest BCUT2D eigenvalue weighted by molar-refractivity contribution is 0.0470. The second kappa shape index (κ2) is 8.78. The van der Waals surface area contributed by atoms with Gasteiger partial charge in [0.2, 0.25) is 0 Å². The summed E-state index contributed by atoms with van der Waals surface area (Å²) in [6.45, 7) is 4.79. The quantitative estimate of drug-likeness (QED) is 0.680. The van der Waals surface area contributed by atoms with Crippen molar-refractivity contribution in [1.82, 2.24) is 9.80 Å². The molecule has 1 aromatic heterocycles. The minimum Gasteiger partial charge on any atom is -0.497 e. The first-order valence-electron chi connectivity index (χ1n) is 9.93. The number of benzene rings is 2. The number of methoxy groups -OCH3 is 1. The van der Waals surface area contributed by atoms with Gasteiger partial charge in [-0.15, -0.1) is 0 Å². The number of furan rings is 1. The standard InChI is InChI=1S/C23H28N2O3/c1-27-21-7-4-5-18(13-21)15-25-11-10-24(16-20(25)9-12-26)17-22-14-19-6-2-3-8-23(19)28-22/h2-8,13-14,20,26H,9-12,15-17H2,1H3/t20-/m0/s1. The van der Waals surface area contributed by atoms with Crippen LogP contribution >= 0.6 is 0 Å². The number of hydrogen-bond acceptors (Lipinski definition) is 5. The average Bonchev–Trinajstić information content (AvgIpc) is 3.12. The smallest absolute Gasteiger partial charge is 0.134 e. The Kier molecular flexibility index (Phi) is 5.95. The van der Waals surface area contributed by atoms with Gasteiger partial charge in [-0.1, -0.05) is 30.3 Å². The van der Waals surface area contributed by atoms with Gasteiger partial charge < -0.3 is 14.3 Å². The zero-order valence-corrected chi connectivity index (χ0v) is 16.4. The Hall–Kier alpha value is -2.34. The molecule has 0 aliphatic carbocycles. The molecule has 0 unspecified atom stereocenters. The van der Waals surface area contributed by atoms with Crippen LogP contribution < -0.4 is 4.74 Å². The minimum absolute atomic E-state index is 0.206. The molecule has 0 saturated carbocycles. The second-order valence-corrected chi connectivity index (χ2v) is 7.47. The fourth-order valence-corrected chi connectivity index (χ4v) is 4.07. The van der Waals surface area contributed by atoms with Crippen LogP contribution in [-0.4, -0.2) is 54.3 Å². The van der Waals surface area contributed by atoms with Crippen molar-refractivity contribution in [3.8, 4) is 5.75 Å². The highest BCUT2D eigenvalue weighted by molar-refractivity contribution is 5.77. The van der Waals surface area contributed by atoms with Gasteiger partial charge in [-0.05, 0) is 36.2 Å². The summed E-state index contributed by atoms with van der Waals surface area (Å²) in [5, 5.41) is 10.7. The first kappa shape index (κ1) is 19.0. The van der Waals surface area contributed by atoms with Gasteiger partial charge in [0, 0.05) is 44.2 Å². The highest BCUT2D eigenvalue weighted by atomic mass is 16.5. The van der Waals surface area contributed by atoms with E-state index in [1.807, 2.05) is 30.3 Å². The van der Waals surface area contributed by atoms with Gasteiger partial charge in [-0.25, -0.2) is 0 Å². The zero-order valence-electron chi connectivity index (χ0n) is 16.4. The molecule has 2 aromatic carbocycles. The Labute approximate surface area is 166 Å². The number of fused-ring (bicyclic) bond motifs is 1. The van der Waals surface area contributed by atoms with Crippen molar-refractivity contribution in [3.63, 3.8) is 0 Å². The number of ether oxygens (including phenoxy) is 1. The van der Waals surface area contributed by atoms with Crippen LogP contribution in [0.1, 0.15) is 17.7 Å². The molecule has 2 heterocycles. The van der Waals surface area contributed by atoms with E-state index < -0.39 is 0 Å². The van der Waals surface area contributed by atoms with Crippen LogP contribution in [0, 0.1) is 0 Å². The van der Waals surface area contributed by atoms with Crippen molar-refractivity contribution in [1.29, 1.82) is 0 Å². The van der Waals surface area contributed by atoms with Gasteiger partial charge in [0.25, 0.3) is 0 Å². The number of nitrogens with zero attached hydrogens (tertiary/aromatic N) is 2. The lowest BCUT2D eigenvalue weighted by atomic mass is 10.1. The van der Waals surface area contributed by atoms with E-state index in [2.05, 4.69) is 34.1 Å². The van der Waals surface area contributed by atoms with Gasteiger partial charge in [0.05, 0.1) is 13.7 Å². The van der Waals surface area contributed by atoms with Crippen LogP contribution in [0.2, 0.25) is 0 Å². The van der Waals surface area contributed by atoms with Crippen molar-refractivity contribution in [2.45, 2.75) is 25.6 Å². The average molecular weight is 380 g/mol. The van der Waals surface area contributed by atoms with E-state index in [1.165, 1.54) is 5.56 Å². The first-order valence-corrected chi connectivity index (χ1v) is 9.93. The molecule has 5 nitrogen and oxygen atoms in total. The molecule has 1 saturated heterocycles. The molecule has 1 N–H and O–H groups in total. The lowest BCUT2D eigenvalue weighted by Gasteiger charge is -2.41. The van der Waals surface area contributed by atoms with E-state index in [1.54, 1.807) is 7.11 Å². The molecule has 3 aromatic rings. The molecule has 0 spiro atoms. The van der Waals surface area contributed by atoms with Crippen molar-refractivity contribution >= 4 is 11.0 Å². The minimum atomic E-state index is 0.206. The molecule has 0 amide bonds. The first-order chi connectivity index (χ1) is 13.7. The van der Waals surface area contributed by atoms with Crippen LogP contribution in [0.5, 0.6) is 5.75 Å². The fraction of sp³-hybridized carbons (Fsp3) is 0.391. The van der Waals surface area contributed by atoms with Gasteiger partial charge >= 0.3 is 0 Å². The van der Waals surface area contributed by atoms with Crippen molar-refractivity contribution in [2.75, 3.05) is 33.4 Å². The summed E-state index contributed by atoms with van der Waals surface area (Å²) in [6, 6.07) is 18.8. The third-order valence-electron chi connectivity index (χ3n) is 5.53. The lowest BCUT2D eigenvalue weighted by Crippen LogP contribution is -2.52. The van der Waals surface area contributed by atoms with Crippen molar-refractivity contribution < 1.29 is 14.3 Å². The molecular formula is C23H28N2O3. The molecule has 0 bridgehead atoms. The molecule has 4 rings (SSSR count). The highest BCUT2D eigenvalue weighted by Gasteiger charge is 2.27. The summed E-state index contributed by atoms with van der Waals surface area (Å²) in [5.74, 6) is 1.89. The topological polar surface area (TPSA) is 49.1 Å². The Morgan fingerprint density at radius 3 is 2.79 bits per heavy atom. The van der Waals surface area contributed by atoms with E-state index >= 15 is 0 Å². The Bertz CT molecular complexity index is 875. The van der Waals surface area contributed by atoms with E-state index in [9.17, 15) is 5.11 Å². The van der Waals surface area contributed by atoms with Crippen LogP contribution in [-0.2, 0) is 13.1 Å². The maximum absolute atomic E-state index is 9.57. The Balaban J connectivity index is 1.42. The maximum atomic E-state index is 9.57. The molecule has 1 fully saturated rings. The van der Waals surface area contributed by atoms with Crippen molar-refractivity contribution in [3.05, 3.63) is 65.9 Å². The highest BCUT2D eigenvalue weighted by Crippen LogP contribution is 2.23. The largest absolute Gasteiger partial charge is 0.497 e. The van der Waals surface area contributed by atoms with E-state index in [0.29, 0.717) is 6.04 Å². The number of rotatable bonds is 7. The van der Waals surface area contributed by atoms with Crippen LogP contribution in [0.3, 0.4) is 0 Å². The Morgan fingerprint density at radius 2 is 1.96 bits per heavy atom. The van der Waals surface area contributed by atoms with Crippen LogP contribution in [0.4, 0.5) is 0 Å². The summed E-state index contributed by atoms with van der Waals surface area (Å²) >= 11 is 0. The molecule has 148 valence electrons. The molecule has 28 heavy (non-hydrogen) atoms. The van der Waals surface area contributed by atoms with E-state index in [-0.39, 0.29) is 6.61 Å². The zero-order chi connectivity index (χ0) is 19.3. The number of aliphatic hydroxyl groups excluding tert-OH is 1. The third kappa shape index (κ3) is 4.38. The fourth-order valence-electron chi connectivity index (χ4n) is 4.07. The summed E-state index contributed by atoms with van der Waals surface area (Å²) in [5.41, 5.74) is 2.19. The van der Waals surface area contributed by atoms with Gasteiger partial charge in [0.1, 0.15) is 17.1 Å². The van der Waals surface area contributed by atoms with Crippen molar-refractivity contribution in [2.24, 2.45) is 0 Å². The predicted octanol–water partition coefficient (Wildman–Crippen LogP) is 3.51. The van der Waals surface area contributed by atoms with E-state index in [0.717, 1.165) is 61.6 Å². The monoisotopic (exact) mass is 380 g/mol. The molecular weight excluding hydrogens is 352 g/mol. The normalized spacial score (nSPS) is 18.6. The SMILES string of the molecule is COc1cccc(CN2CCN(Cc3cc4ccccc4o3)C[C@@H]2CCO)c1. The van der Waals surface area contributed by atoms with Gasteiger partial charge in [-0.2, -0.15) is 0 Å². The summed E-state index contributed by atoms with van der Waals surface area (Å²) < 4.78 is 11.3. The number of aliphatic hydroxyl groups is 1. The molecule has 5 heteroatoms. The van der Waals surface area contributed by atoms with Gasteiger partial charge in [-0.3, -0.25) is 9.80 Å². The third-order valence-corrected chi connectivity index (χ3v) is 5.53.